The number of rotatable bonds is 8. The molecular weight excluding hydrogens is 508 g/mol. The van der Waals surface area contributed by atoms with Gasteiger partial charge in [0, 0.05) is 42.8 Å². The van der Waals surface area contributed by atoms with E-state index in [4.69, 9.17) is 4.74 Å². The first kappa shape index (κ1) is 27.2. The lowest BCUT2D eigenvalue weighted by molar-refractivity contribution is 0.0518. The van der Waals surface area contributed by atoms with Crippen molar-refractivity contribution in [2.45, 2.75) is 48.9 Å². The van der Waals surface area contributed by atoms with E-state index in [-0.39, 0.29) is 23.2 Å². The Labute approximate surface area is 223 Å². The number of unbranched alkanes of at least 4 members (excludes halogenated alkanes) is 1. The number of fused-ring (bicyclic) bond motifs is 1. The second-order valence-corrected chi connectivity index (χ2v) is 11.9. The predicted molar refractivity (Wildman–Crippen MR) is 148 cm³/mol. The van der Waals surface area contributed by atoms with Crippen LogP contribution in [0.4, 0.5) is 11.4 Å². The largest absolute Gasteiger partial charge is 0.461 e. The van der Waals surface area contributed by atoms with Gasteiger partial charge in [0.05, 0.1) is 18.0 Å². The van der Waals surface area contributed by atoms with Crippen LogP contribution in [0.15, 0.2) is 58.3 Å². The molecule has 1 aliphatic rings. The number of sulfonamides is 1. The molecule has 1 unspecified atom stereocenters. The van der Waals surface area contributed by atoms with Gasteiger partial charge in [-0.15, -0.1) is 11.8 Å². The number of nitrogens with zero attached hydrogens (tertiary/aromatic N) is 4. The fourth-order valence-corrected chi connectivity index (χ4v) is 6.89. The van der Waals surface area contributed by atoms with E-state index in [1.54, 1.807) is 37.8 Å². The smallest absolute Gasteiger partial charge is 0.358 e. The fourth-order valence-electron chi connectivity index (χ4n) is 4.70. The lowest BCUT2D eigenvalue weighted by Crippen LogP contribution is -2.40. The van der Waals surface area contributed by atoms with Gasteiger partial charge in [0.2, 0.25) is 10.0 Å². The molecule has 4 rings (SSSR count). The highest BCUT2D eigenvalue weighted by molar-refractivity contribution is 7.98. The van der Waals surface area contributed by atoms with E-state index in [1.807, 2.05) is 42.7 Å². The SMILES string of the molecule is CCCCC1CN(c2ccccc2)c2cc(SC)c(-c3cc(C(=O)OCC)nn3C)cc2S(=O)(=O)N1C. The van der Waals surface area contributed by atoms with Crippen LogP contribution in [0.3, 0.4) is 0 Å². The Bertz CT molecular complexity index is 1370. The molecule has 0 fully saturated rings. The lowest BCUT2D eigenvalue weighted by atomic mass is 10.1. The van der Waals surface area contributed by atoms with Gasteiger partial charge in [-0.05, 0) is 49.9 Å². The molecule has 3 aromatic rings. The standard InChI is InChI=1S/C27H34N4O4S2/c1-6-8-12-20-18-31(19-13-10-9-11-14-19)24-17-25(36-5)21(15-26(24)37(33,34)30(20)4)23-16-22(28-29(23)3)27(32)35-7-2/h9-11,13-17,20H,6-8,12,18H2,1-5H3. The summed E-state index contributed by atoms with van der Waals surface area (Å²) in [6.07, 6.45) is 4.67. The number of carbonyl (C=O) groups excluding carboxylic acids is 1. The highest BCUT2D eigenvalue weighted by atomic mass is 32.2. The molecular formula is C27H34N4O4S2. The molecule has 198 valence electrons. The number of carbonyl (C=O) groups is 1. The Morgan fingerprint density at radius 2 is 1.86 bits per heavy atom. The average Bonchev–Trinajstić information content (AvgIpc) is 3.26. The maximum absolute atomic E-state index is 14.0. The molecule has 37 heavy (non-hydrogen) atoms. The zero-order chi connectivity index (χ0) is 26.7. The summed E-state index contributed by atoms with van der Waals surface area (Å²) in [6, 6.07) is 15.1. The molecule has 1 aromatic heterocycles. The van der Waals surface area contributed by atoms with Gasteiger partial charge >= 0.3 is 5.97 Å². The Kier molecular flexibility index (Phi) is 8.30. The zero-order valence-electron chi connectivity index (χ0n) is 22.0. The summed E-state index contributed by atoms with van der Waals surface area (Å²) in [5, 5.41) is 4.33. The molecule has 10 heteroatoms. The van der Waals surface area contributed by atoms with E-state index in [1.165, 1.54) is 16.1 Å². The number of para-hydroxylation sites is 1. The molecule has 2 heterocycles. The Hall–Kier alpha value is -2.82. The first-order valence-electron chi connectivity index (χ1n) is 12.5. The number of aromatic nitrogens is 2. The molecule has 8 nitrogen and oxygen atoms in total. The van der Waals surface area contributed by atoms with Gasteiger partial charge < -0.3 is 9.64 Å². The molecule has 1 atom stereocenters. The number of ether oxygens (including phenoxy) is 1. The molecule has 0 saturated heterocycles. The van der Waals surface area contributed by atoms with Gasteiger partial charge in [0.15, 0.2) is 5.69 Å². The van der Waals surface area contributed by atoms with Crippen molar-refractivity contribution in [2.75, 3.05) is 31.4 Å². The molecule has 0 amide bonds. The lowest BCUT2D eigenvalue weighted by Gasteiger charge is -2.29. The van der Waals surface area contributed by atoms with Crippen LogP contribution in [0, 0.1) is 0 Å². The van der Waals surface area contributed by atoms with Crippen molar-refractivity contribution in [3.63, 3.8) is 0 Å². The van der Waals surface area contributed by atoms with Crippen molar-refractivity contribution in [1.29, 1.82) is 0 Å². The van der Waals surface area contributed by atoms with Crippen LogP contribution in [0.5, 0.6) is 0 Å². The van der Waals surface area contributed by atoms with Gasteiger partial charge in [-0.1, -0.05) is 38.0 Å². The number of thioether (sulfide) groups is 1. The minimum Gasteiger partial charge on any atom is -0.461 e. The Morgan fingerprint density at radius 1 is 1.14 bits per heavy atom. The van der Waals surface area contributed by atoms with Crippen molar-refractivity contribution >= 4 is 39.1 Å². The van der Waals surface area contributed by atoms with Crippen molar-refractivity contribution in [2.24, 2.45) is 7.05 Å². The molecule has 0 spiro atoms. The molecule has 1 aliphatic heterocycles. The number of anilines is 2. The first-order chi connectivity index (χ1) is 17.7. The third kappa shape index (κ3) is 5.28. The normalized spacial score (nSPS) is 17.3. The van der Waals surface area contributed by atoms with Gasteiger partial charge in [0.25, 0.3) is 0 Å². The molecule has 0 N–H and O–H groups in total. The van der Waals surface area contributed by atoms with Crippen LogP contribution in [0.25, 0.3) is 11.3 Å². The van der Waals surface area contributed by atoms with Gasteiger partial charge in [0.1, 0.15) is 4.90 Å². The zero-order valence-corrected chi connectivity index (χ0v) is 23.6. The number of benzene rings is 2. The van der Waals surface area contributed by atoms with Crippen LogP contribution in [-0.4, -0.2) is 61.0 Å². The van der Waals surface area contributed by atoms with Gasteiger partial charge in [-0.2, -0.15) is 9.40 Å². The van der Waals surface area contributed by atoms with E-state index in [9.17, 15) is 13.2 Å². The molecule has 0 bridgehead atoms. The van der Waals surface area contributed by atoms with E-state index >= 15 is 0 Å². The quantitative estimate of drug-likeness (QED) is 0.281. The van der Waals surface area contributed by atoms with Crippen LogP contribution in [-0.2, 0) is 21.8 Å². The number of likely N-dealkylation sites (N-methyl/N-ethyl adjacent to an activating group) is 1. The topological polar surface area (TPSA) is 84.7 Å². The second kappa shape index (κ2) is 11.3. The third-order valence-electron chi connectivity index (χ3n) is 6.74. The second-order valence-electron chi connectivity index (χ2n) is 9.04. The summed E-state index contributed by atoms with van der Waals surface area (Å²) < 4.78 is 36.3. The number of esters is 1. The summed E-state index contributed by atoms with van der Waals surface area (Å²) in [5.41, 5.74) is 3.13. The summed E-state index contributed by atoms with van der Waals surface area (Å²) >= 11 is 1.53. The molecule has 0 saturated carbocycles. The molecule has 0 aliphatic carbocycles. The van der Waals surface area contributed by atoms with Crippen molar-refractivity contribution in [1.82, 2.24) is 14.1 Å². The maximum atomic E-state index is 14.0. The molecule has 2 aromatic carbocycles. The van der Waals surface area contributed by atoms with E-state index < -0.39 is 16.0 Å². The minimum absolute atomic E-state index is 0.175. The van der Waals surface area contributed by atoms with E-state index in [2.05, 4.69) is 16.9 Å². The first-order valence-corrected chi connectivity index (χ1v) is 15.1. The van der Waals surface area contributed by atoms with Crippen LogP contribution < -0.4 is 4.90 Å². The van der Waals surface area contributed by atoms with E-state index in [0.717, 1.165) is 29.8 Å². The third-order valence-corrected chi connectivity index (χ3v) is 9.45. The van der Waals surface area contributed by atoms with Gasteiger partial charge in [-0.25, -0.2) is 13.2 Å². The van der Waals surface area contributed by atoms with Crippen LogP contribution >= 0.6 is 11.8 Å². The number of hydrogen-bond donors (Lipinski definition) is 0. The summed E-state index contributed by atoms with van der Waals surface area (Å²) in [7, 11) is -0.382. The van der Waals surface area contributed by atoms with Crippen LogP contribution in [0.2, 0.25) is 0 Å². The highest BCUT2D eigenvalue weighted by Crippen LogP contribution is 2.43. The van der Waals surface area contributed by atoms with Crippen LogP contribution in [0.1, 0.15) is 43.6 Å². The molecule has 0 radical (unpaired) electrons. The van der Waals surface area contributed by atoms with Gasteiger partial charge in [-0.3, -0.25) is 4.68 Å². The van der Waals surface area contributed by atoms with E-state index in [0.29, 0.717) is 23.5 Å². The summed E-state index contributed by atoms with van der Waals surface area (Å²) in [6.45, 7) is 4.66. The fraction of sp³-hybridized carbons (Fsp3) is 0.407. The monoisotopic (exact) mass is 542 g/mol. The number of aryl methyl sites for hydroxylation is 1. The summed E-state index contributed by atoms with van der Waals surface area (Å²) in [5.74, 6) is -0.508. The summed E-state index contributed by atoms with van der Waals surface area (Å²) in [4.78, 5) is 15.6. The van der Waals surface area contributed by atoms with Crippen molar-refractivity contribution in [3.05, 3.63) is 54.2 Å². The average molecular weight is 543 g/mol. The highest BCUT2D eigenvalue weighted by Gasteiger charge is 2.37. The van der Waals surface area contributed by atoms with Crippen molar-refractivity contribution in [3.8, 4) is 11.3 Å². The number of hydrogen-bond acceptors (Lipinski definition) is 7. The Balaban J connectivity index is 1.94. The predicted octanol–water partition coefficient (Wildman–Crippen LogP) is 5.32. The minimum atomic E-state index is -3.80. The van der Waals surface area contributed by atoms with Crippen molar-refractivity contribution < 1.29 is 17.9 Å². The maximum Gasteiger partial charge on any atom is 0.358 e. The Morgan fingerprint density at radius 3 is 2.51 bits per heavy atom.